The van der Waals surface area contributed by atoms with Crippen LogP contribution in [-0.4, -0.2) is 28.8 Å². The molecule has 0 saturated carbocycles. The Bertz CT molecular complexity index is 524. The number of hydrogen-bond donors (Lipinski definition) is 1. The summed E-state index contributed by atoms with van der Waals surface area (Å²) >= 11 is 5.82. The van der Waals surface area contributed by atoms with Gasteiger partial charge in [0.15, 0.2) is 0 Å². The van der Waals surface area contributed by atoms with Crippen molar-refractivity contribution in [2.24, 2.45) is 0 Å². The topological polar surface area (TPSA) is 49.5 Å². The van der Waals surface area contributed by atoms with E-state index in [2.05, 4.69) is 5.16 Å². The average molecular weight is 281 g/mol. The van der Waals surface area contributed by atoms with Crippen LogP contribution in [-0.2, 0) is 6.54 Å². The van der Waals surface area contributed by atoms with E-state index in [0.717, 1.165) is 17.0 Å². The molecule has 0 aliphatic carbocycles. The van der Waals surface area contributed by atoms with E-state index < -0.39 is 6.10 Å². The Kier molecular flexibility index (Phi) is 4.58. The maximum atomic E-state index is 10.1. The van der Waals surface area contributed by atoms with Crippen molar-refractivity contribution in [2.75, 3.05) is 13.6 Å². The fraction of sp³-hybridized carbons (Fsp3) is 0.357. The van der Waals surface area contributed by atoms with Crippen molar-refractivity contribution in [3.63, 3.8) is 0 Å². The smallest absolute Gasteiger partial charge is 0.133 e. The minimum Gasteiger partial charge on any atom is -0.387 e. The minimum atomic E-state index is -0.546. The van der Waals surface area contributed by atoms with E-state index in [1.807, 2.05) is 37.1 Å². The lowest BCUT2D eigenvalue weighted by atomic mass is 10.1. The molecule has 0 spiro atoms. The second-order valence-electron chi connectivity index (χ2n) is 4.69. The Hall–Kier alpha value is -1.36. The van der Waals surface area contributed by atoms with Crippen LogP contribution in [0.2, 0.25) is 5.02 Å². The van der Waals surface area contributed by atoms with Gasteiger partial charge in [-0.25, -0.2) is 0 Å². The SMILES string of the molecule is Cc1cc(CN(C)CC(O)c2ccc(Cl)cc2)no1. The van der Waals surface area contributed by atoms with Crippen LogP contribution < -0.4 is 0 Å². The zero-order valence-corrected chi connectivity index (χ0v) is 11.8. The second-order valence-corrected chi connectivity index (χ2v) is 5.13. The van der Waals surface area contributed by atoms with Gasteiger partial charge in [-0.05, 0) is 31.7 Å². The number of likely N-dealkylation sites (N-methyl/N-ethyl adjacent to an activating group) is 1. The predicted octanol–water partition coefficient (Wildman–Crippen LogP) is 2.80. The zero-order chi connectivity index (χ0) is 13.8. The van der Waals surface area contributed by atoms with E-state index in [9.17, 15) is 5.11 Å². The number of aryl methyl sites for hydroxylation is 1. The largest absolute Gasteiger partial charge is 0.387 e. The van der Waals surface area contributed by atoms with Gasteiger partial charge < -0.3 is 9.63 Å². The van der Waals surface area contributed by atoms with Crippen LogP contribution in [0, 0.1) is 6.92 Å². The molecular weight excluding hydrogens is 264 g/mol. The van der Waals surface area contributed by atoms with E-state index in [1.165, 1.54) is 0 Å². The first kappa shape index (κ1) is 14.1. The van der Waals surface area contributed by atoms with Gasteiger partial charge in [0.05, 0.1) is 11.8 Å². The van der Waals surface area contributed by atoms with Crippen LogP contribution in [0.25, 0.3) is 0 Å². The first-order chi connectivity index (χ1) is 9.04. The molecule has 1 unspecified atom stereocenters. The number of aromatic nitrogens is 1. The van der Waals surface area contributed by atoms with Gasteiger partial charge in [-0.1, -0.05) is 28.9 Å². The summed E-state index contributed by atoms with van der Waals surface area (Å²) in [7, 11) is 1.93. The molecule has 0 bridgehead atoms. The molecule has 0 fully saturated rings. The molecule has 0 aliphatic heterocycles. The maximum Gasteiger partial charge on any atom is 0.133 e. The van der Waals surface area contributed by atoms with Gasteiger partial charge in [-0.3, -0.25) is 4.90 Å². The first-order valence-corrected chi connectivity index (χ1v) is 6.46. The number of aliphatic hydroxyl groups excluding tert-OH is 1. The van der Waals surface area contributed by atoms with E-state index in [4.69, 9.17) is 16.1 Å². The molecule has 102 valence electrons. The fourth-order valence-electron chi connectivity index (χ4n) is 1.92. The molecular formula is C14H17ClN2O2. The molecule has 1 heterocycles. The highest BCUT2D eigenvalue weighted by molar-refractivity contribution is 6.30. The van der Waals surface area contributed by atoms with Crippen LogP contribution in [0.15, 0.2) is 34.9 Å². The maximum absolute atomic E-state index is 10.1. The molecule has 0 aliphatic rings. The van der Waals surface area contributed by atoms with Crippen molar-refractivity contribution in [1.82, 2.24) is 10.1 Å². The Morgan fingerprint density at radius 3 is 2.63 bits per heavy atom. The number of rotatable bonds is 5. The molecule has 19 heavy (non-hydrogen) atoms. The number of aliphatic hydroxyl groups is 1. The summed E-state index contributed by atoms with van der Waals surface area (Å²) in [5.41, 5.74) is 1.72. The van der Waals surface area contributed by atoms with Crippen LogP contribution >= 0.6 is 11.6 Å². The van der Waals surface area contributed by atoms with Crippen molar-refractivity contribution in [3.05, 3.63) is 52.4 Å². The van der Waals surface area contributed by atoms with E-state index in [0.29, 0.717) is 18.1 Å². The molecule has 5 heteroatoms. The third-order valence-electron chi connectivity index (χ3n) is 2.85. The van der Waals surface area contributed by atoms with Crippen molar-refractivity contribution in [1.29, 1.82) is 0 Å². The molecule has 4 nitrogen and oxygen atoms in total. The summed E-state index contributed by atoms with van der Waals surface area (Å²) in [6.45, 7) is 3.02. The van der Waals surface area contributed by atoms with Gasteiger partial charge >= 0.3 is 0 Å². The normalized spacial score (nSPS) is 12.9. The zero-order valence-electron chi connectivity index (χ0n) is 11.0. The van der Waals surface area contributed by atoms with Crippen LogP contribution in [0.1, 0.15) is 23.1 Å². The van der Waals surface area contributed by atoms with Gasteiger partial charge in [-0.2, -0.15) is 0 Å². The van der Waals surface area contributed by atoms with Crippen molar-refractivity contribution in [2.45, 2.75) is 19.6 Å². The predicted molar refractivity (Wildman–Crippen MR) is 74.0 cm³/mol. The van der Waals surface area contributed by atoms with Crippen molar-refractivity contribution < 1.29 is 9.63 Å². The molecule has 1 aromatic carbocycles. The van der Waals surface area contributed by atoms with Crippen LogP contribution in [0.4, 0.5) is 0 Å². The molecule has 0 amide bonds. The highest BCUT2D eigenvalue weighted by Crippen LogP contribution is 2.17. The summed E-state index contributed by atoms with van der Waals surface area (Å²) in [5.74, 6) is 0.793. The van der Waals surface area contributed by atoms with Gasteiger partial charge in [0.2, 0.25) is 0 Å². The van der Waals surface area contributed by atoms with Crippen molar-refractivity contribution in [3.8, 4) is 0 Å². The second kappa shape index (κ2) is 6.19. The van der Waals surface area contributed by atoms with Gasteiger partial charge in [0.1, 0.15) is 5.76 Å². The third kappa shape index (κ3) is 4.06. The Morgan fingerprint density at radius 1 is 1.37 bits per heavy atom. The number of halogens is 1. The van der Waals surface area contributed by atoms with Crippen LogP contribution in [0.5, 0.6) is 0 Å². The number of benzene rings is 1. The van der Waals surface area contributed by atoms with Gasteiger partial charge in [-0.15, -0.1) is 0 Å². The third-order valence-corrected chi connectivity index (χ3v) is 3.10. The highest BCUT2D eigenvalue weighted by atomic mass is 35.5. The summed E-state index contributed by atoms with van der Waals surface area (Å²) in [5, 5.41) is 14.7. The number of hydrogen-bond acceptors (Lipinski definition) is 4. The molecule has 1 N–H and O–H groups in total. The Morgan fingerprint density at radius 2 is 2.05 bits per heavy atom. The summed E-state index contributed by atoms with van der Waals surface area (Å²) in [6.07, 6.45) is -0.546. The molecule has 0 radical (unpaired) electrons. The Balaban J connectivity index is 1.91. The average Bonchev–Trinajstić information content (AvgIpc) is 2.75. The molecule has 2 aromatic rings. The van der Waals surface area contributed by atoms with Gasteiger partial charge in [0.25, 0.3) is 0 Å². The lowest BCUT2D eigenvalue weighted by molar-refractivity contribution is 0.122. The number of nitrogens with zero attached hydrogens (tertiary/aromatic N) is 2. The lowest BCUT2D eigenvalue weighted by Crippen LogP contribution is -2.24. The molecule has 2 rings (SSSR count). The standard InChI is InChI=1S/C14H17ClN2O2/c1-10-7-13(16-19-10)8-17(2)9-14(18)11-3-5-12(15)6-4-11/h3-7,14,18H,8-9H2,1-2H3. The van der Waals surface area contributed by atoms with Gasteiger partial charge in [0, 0.05) is 24.2 Å². The summed E-state index contributed by atoms with van der Waals surface area (Å²) < 4.78 is 5.01. The first-order valence-electron chi connectivity index (χ1n) is 6.09. The quantitative estimate of drug-likeness (QED) is 0.915. The fourth-order valence-corrected chi connectivity index (χ4v) is 2.05. The monoisotopic (exact) mass is 280 g/mol. The van der Waals surface area contributed by atoms with E-state index in [1.54, 1.807) is 12.1 Å². The molecule has 1 atom stereocenters. The minimum absolute atomic E-state index is 0.521. The Labute approximate surface area is 117 Å². The van der Waals surface area contributed by atoms with E-state index in [-0.39, 0.29) is 0 Å². The van der Waals surface area contributed by atoms with E-state index >= 15 is 0 Å². The lowest BCUT2D eigenvalue weighted by Gasteiger charge is -2.19. The summed E-state index contributed by atoms with van der Waals surface area (Å²) in [4.78, 5) is 2.00. The molecule has 0 saturated heterocycles. The molecule has 1 aromatic heterocycles. The summed E-state index contributed by atoms with van der Waals surface area (Å²) in [6, 6.07) is 9.12. The van der Waals surface area contributed by atoms with Crippen LogP contribution in [0.3, 0.4) is 0 Å². The van der Waals surface area contributed by atoms with Crippen molar-refractivity contribution >= 4 is 11.6 Å². The highest BCUT2D eigenvalue weighted by Gasteiger charge is 2.12.